The predicted molar refractivity (Wildman–Crippen MR) is 134 cm³/mol. The van der Waals surface area contributed by atoms with E-state index in [9.17, 15) is 9.59 Å². The van der Waals surface area contributed by atoms with E-state index >= 15 is 0 Å². The van der Waals surface area contributed by atoms with E-state index in [1.807, 2.05) is 44.1 Å². The standard InChI is InChI=1S/C26H27ClN4O3/c1-4-22(30(16-15-29(2)3)26(33)23-10-7-17-34-23)24-28-21-9-6-5-8-20(21)25(32)31(24)19-13-11-18(27)12-14-19/h5-14,17,22H,4,15-16H2,1-3H3. The molecule has 0 aliphatic carbocycles. The van der Waals surface area contributed by atoms with Crippen molar-refractivity contribution in [2.75, 3.05) is 27.2 Å². The quantitative estimate of drug-likeness (QED) is 0.364. The fourth-order valence-electron chi connectivity index (χ4n) is 4.00. The summed E-state index contributed by atoms with van der Waals surface area (Å²) in [7, 11) is 3.91. The number of nitrogens with zero attached hydrogens (tertiary/aromatic N) is 4. The van der Waals surface area contributed by atoms with Gasteiger partial charge >= 0.3 is 0 Å². The second-order valence-corrected chi connectivity index (χ2v) is 8.74. The van der Waals surface area contributed by atoms with E-state index in [4.69, 9.17) is 21.0 Å². The molecule has 0 N–H and O–H groups in total. The molecule has 0 saturated carbocycles. The number of aromatic nitrogens is 2. The molecule has 7 nitrogen and oxygen atoms in total. The van der Waals surface area contributed by atoms with Crippen LogP contribution in [0.3, 0.4) is 0 Å². The summed E-state index contributed by atoms with van der Waals surface area (Å²) in [5.74, 6) is 0.495. The van der Waals surface area contributed by atoms with Crippen LogP contribution in [0.1, 0.15) is 35.8 Å². The van der Waals surface area contributed by atoms with Gasteiger partial charge in [-0.1, -0.05) is 30.7 Å². The number of para-hydroxylation sites is 1. The van der Waals surface area contributed by atoms with E-state index in [0.717, 1.165) is 0 Å². The fraction of sp³-hybridized carbons (Fsp3) is 0.269. The summed E-state index contributed by atoms with van der Waals surface area (Å²) in [6.45, 7) is 3.06. The molecule has 2 aromatic heterocycles. The maximum absolute atomic E-state index is 13.7. The molecule has 0 aliphatic rings. The molecule has 1 amide bonds. The number of carbonyl (C=O) groups is 1. The van der Waals surface area contributed by atoms with Crippen LogP contribution in [0.5, 0.6) is 0 Å². The zero-order valence-electron chi connectivity index (χ0n) is 19.4. The Hall–Kier alpha value is -3.42. The van der Waals surface area contributed by atoms with Gasteiger partial charge in [0.2, 0.25) is 0 Å². The van der Waals surface area contributed by atoms with Crippen LogP contribution in [-0.2, 0) is 0 Å². The van der Waals surface area contributed by atoms with Crippen molar-refractivity contribution in [1.82, 2.24) is 19.4 Å². The molecule has 0 aliphatic heterocycles. The van der Waals surface area contributed by atoms with Gasteiger partial charge in [-0.2, -0.15) is 0 Å². The minimum Gasteiger partial charge on any atom is -0.459 e. The number of hydrogen-bond acceptors (Lipinski definition) is 5. The summed E-state index contributed by atoms with van der Waals surface area (Å²) in [6.07, 6.45) is 2.04. The van der Waals surface area contributed by atoms with E-state index in [-0.39, 0.29) is 17.2 Å². The van der Waals surface area contributed by atoms with Crippen molar-refractivity contribution in [3.05, 3.63) is 93.9 Å². The third kappa shape index (κ3) is 4.76. The Morgan fingerprint density at radius 3 is 2.44 bits per heavy atom. The van der Waals surface area contributed by atoms with E-state index in [1.54, 1.807) is 51.9 Å². The Kier molecular flexibility index (Phi) is 7.14. The molecule has 1 unspecified atom stereocenters. The maximum atomic E-state index is 13.7. The Labute approximate surface area is 203 Å². The predicted octanol–water partition coefficient (Wildman–Crippen LogP) is 4.79. The van der Waals surface area contributed by atoms with Gasteiger partial charge in [-0.25, -0.2) is 4.98 Å². The number of rotatable bonds is 8. The number of halogens is 1. The Morgan fingerprint density at radius 1 is 1.06 bits per heavy atom. The van der Waals surface area contributed by atoms with Gasteiger partial charge in [0.15, 0.2) is 5.76 Å². The van der Waals surface area contributed by atoms with Gasteiger partial charge < -0.3 is 14.2 Å². The van der Waals surface area contributed by atoms with E-state index in [0.29, 0.717) is 46.9 Å². The minimum atomic E-state index is -0.467. The molecule has 4 aromatic rings. The number of amides is 1. The Balaban J connectivity index is 1.93. The SMILES string of the molecule is CCC(c1nc2ccccc2c(=O)n1-c1ccc(Cl)cc1)N(CCN(C)C)C(=O)c1ccco1. The highest BCUT2D eigenvalue weighted by Crippen LogP contribution is 2.28. The fourth-order valence-corrected chi connectivity index (χ4v) is 4.13. The second-order valence-electron chi connectivity index (χ2n) is 8.31. The van der Waals surface area contributed by atoms with Crippen LogP contribution in [0.4, 0.5) is 0 Å². The van der Waals surface area contributed by atoms with Gasteiger partial charge in [0.25, 0.3) is 11.5 Å². The van der Waals surface area contributed by atoms with Crippen LogP contribution in [0.15, 0.2) is 76.1 Å². The van der Waals surface area contributed by atoms with Gasteiger partial charge in [-0.05, 0) is 69.0 Å². The first-order valence-corrected chi connectivity index (χ1v) is 11.5. The van der Waals surface area contributed by atoms with E-state index in [1.165, 1.54) is 6.26 Å². The molecule has 0 saturated heterocycles. The van der Waals surface area contributed by atoms with E-state index in [2.05, 4.69) is 0 Å². The lowest BCUT2D eigenvalue weighted by Crippen LogP contribution is -2.41. The number of benzene rings is 2. The van der Waals surface area contributed by atoms with Crippen molar-refractivity contribution >= 4 is 28.4 Å². The zero-order valence-corrected chi connectivity index (χ0v) is 20.2. The lowest BCUT2D eigenvalue weighted by molar-refractivity contribution is 0.0611. The van der Waals surface area contributed by atoms with Gasteiger partial charge in [0.05, 0.1) is 28.9 Å². The van der Waals surface area contributed by atoms with Crippen LogP contribution >= 0.6 is 11.6 Å². The van der Waals surface area contributed by atoms with Crippen molar-refractivity contribution < 1.29 is 9.21 Å². The summed E-state index contributed by atoms with van der Waals surface area (Å²) < 4.78 is 7.02. The molecule has 4 rings (SSSR count). The summed E-state index contributed by atoms with van der Waals surface area (Å²) in [4.78, 5) is 35.9. The summed E-state index contributed by atoms with van der Waals surface area (Å²) in [5, 5.41) is 1.08. The van der Waals surface area contributed by atoms with Crippen LogP contribution in [0.2, 0.25) is 5.02 Å². The molecule has 34 heavy (non-hydrogen) atoms. The average molecular weight is 479 g/mol. The normalized spacial score (nSPS) is 12.3. The summed E-state index contributed by atoms with van der Waals surface area (Å²) >= 11 is 6.11. The van der Waals surface area contributed by atoms with Crippen molar-refractivity contribution in [1.29, 1.82) is 0 Å². The van der Waals surface area contributed by atoms with Crippen LogP contribution < -0.4 is 5.56 Å². The third-order valence-electron chi connectivity index (χ3n) is 5.73. The van der Waals surface area contributed by atoms with Gasteiger partial charge in [-0.15, -0.1) is 0 Å². The van der Waals surface area contributed by atoms with Gasteiger partial charge in [0, 0.05) is 18.1 Å². The van der Waals surface area contributed by atoms with Gasteiger partial charge in [-0.3, -0.25) is 14.2 Å². The first kappa shape index (κ1) is 23.7. The molecular formula is C26H27ClN4O3. The Bertz CT molecular complexity index is 1330. The molecule has 1 atom stereocenters. The lowest BCUT2D eigenvalue weighted by Gasteiger charge is -2.32. The van der Waals surface area contributed by atoms with Gasteiger partial charge in [0.1, 0.15) is 5.82 Å². The van der Waals surface area contributed by atoms with Crippen molar-refractivity contribution in [2.24, 2.45) is 0 Å². The molecule has 176 valence electrons. The molecule has 2 heterocycles. The number of likely N-dealkylation sites (N-methyl/N-ethyl adjacent to an activating group) is 1. The van der Waals surface area contributed by atoms with Crippen molar-refractivity contribution in [2.45, 2.75) is 19.4 Å². The molecule has 0 radical (unpaired) electrons. The zero-order chi connectivity index (χ0) is 24.2. The first-order chi connectivity index (χ1) is 16.4. The molecule has 0 bridgehead atoms. The number of fused-ring (bicyclic) bond motifs is 1. The largest absolute Gasteiger partial charge is 0.459 e. The molecular weight excluding hydrogens is 452 g/mol. The molecule has 0 spiro atoms. The molecule has 0 fully saturated rings. The highest BCUT2D eigenvalue weighted by Gasteiger charge is 2.30. The van der Waals surface area contributed by atoms with Crippen molar-refractivity contribution in [3.63, 3.8) is 0 Å². The number of carbonyl (C=O) groups excluding carboxylic acids is 1. The van der Waals surface area contributed by atoms with Crippen molar-refractivity contribution in [3.8, 4) is 5.69 Å². The topological polar surface area (TPSA) is 71.6 Å². The second kappa shape index (κ2) is 10.2. The van der Waals surface area contributed by atoms with Crippen LogP contribution in [-0.4, -0.2) is 52.4 Å². The summed E-state index contributed by atoms with van der Waals surface area (Å²) in [6, 6.07) is 17.2. The monoisotopic (exact) mass is 478 g/mol. The lowest BCUT2D eigenvalue weighted by atomic mass is 10.1. The molecule has 2 aromatic carbocycles. The maximum Gasteiger partial charge on any atom is 0.290 e. The average Bonchev–Trinajstić information content (AvgIpc) is 3.37. The highest BCUT2D eigenvalue weighted by molar-refractivity contribution is 6.30. The number of furan rings is 1. The van der Waals surface area contributed by atoms with Crippen LogP contribution in [0, 0.1) is 0 Å². The Morgan fingerprint density at radius 2 is 1.79 bits per heavy atom. The highest BCUT2D eigenvalue weighted by atomic mass is 35.5. The summed E-state index contributed by atoms with van der Waals surface area (Å²) in [5.41, 5.74) is 1.03. The molecule has 8 heteroatoms. The third-order valence-corrected chi connectivity index (χ3v) is 5.98. The van der Waals surface area contributed by atoms with Crippen LogP contribution in [0.25, 0.3) is 16.6 Å². The number of hydrogen-bond donors (Lipinski definition) is 0. The van der Waals surface area contributed by atoms with E-state index < -0.39 is 6.04 Å². The smallest absolute Gasteiger partial charge is 0.290 e. The first-order valence-electron chi connectivity index (χ1n) is 11.2. The minimum absolute atomic E-state index is 0.195.